The average molecular weight is 372 g/mol. The molecule has 1 aromatic heterocycles. The predicted molar refractivity (Wildman–Crippen MR) is 101 cm³/mol. The molecule has 1 amide bonds. The van der Waals surface area contributed by atoms with Crippen molar-refractivity contribution in [3.63, 3.8) is 0 Å². The normalized spacial score (nSPS) is 16.2. The van der Waals surface area contributed by atoms with Gasteiger partial charge < -0.3 is 20.1 Å². The number of carbonyl (C=O) groups excluding carboxylic acids is 1. The third-order valence-corrected chi connectivity index (χ3v) is 3.35. The second-order valence-corrected chi connectivity index (χ2v) is 6.79. The zero-order valence-electron chi connectivity index (χ0n) is 15.7. The van der Waals surface area contributed by atoms with Crippen molar-refractivity contribution in [3.8, 4) is 6.07 Å². The lowest BCUT2D eigenvalue weighted by Gasteiger charge is -2.20. The molecule has 0 fully saturated rings. The van der Waals surface area contributed by atoms with E-state index in [2.05, 4.69) is 31.7 Å². The fourth-order valence-corrected chi connectivity index (χ4v) is 2.12. The van der Waals surface area contributed by atoms with Crippen molar-refractivity contribution in [1.82, 2.24) is 15.6 Å². The van der Waals surface area contributed by atoms with Crippen LogP contribution in [0.3, 0.4) is 0 Å². The molecule has 0 aliphatic carbocycles. The van der Waals surface area contributed by atoms with Crippen LogP contribution < -0.4 is 10.6 Å². The van der Waals surface area contributed by atoms with Gasteiger partial charge in [0.1, 0.15) is 17.8 Å². The van der Waals surface area contributed by atoms with E-state index in [1.807, 2.05) is 20.8 Å². The van der Waals surface area contributed by atoms with Crippen LogP contribution in [-0.2, 0) is 16.1 Å². The largest absolute Gasteiger partial charge is 0.444 e. The Bertz CT molecular complexity index is 748. The molecule has 2 heterocycles. The molecule has 9 heteroatoms. The van der Waals surface area contributed by atoms with E-state index in [-0.39, 0.29) is 6.10 Å². The van der Waals surface area contributed by atoms with E-state index in [4.69, 9.17) is 14.7 Å². The van der Waals surface area contributed by atoms with Gasteiger partial charge in [-0.25, -0.2) is 14.8 Å². The first-order valence-electron chi connectivity index (χ1n) is 8.61. The zero-order valence-corrected chi connectivity index (χ0v) is 15.7. The number of carbonyl (C=O) groups is 1. The van der Waals surface area contributed by atoms with Gasteiger partial charge in [0, 0.05) is 31.7 Å². The molecule has 0 bridgehead atoms. The first-order valence-corrected chi connectivity index (χ1v) is 8.61. The summed E-state index contributed by atoms with van der Waals surface area (Å²) in [5.74, 6) is 0.488. The van der Waals surface area contributed by atoms with Gasteiger partial charge in [0.15, 0.2) is 0 Å². The molecule has 0 radical (unpaired) electrons. The van der Waals surface area contributed by atoms with E-state index < -0.39 is 11.7 Å². The highest BCUT2D eigenvalue weighted by atomic mass is 16.6. The number of nitrogens with zero attached hydrogens (tertiary/aromatic N) is 4. The minimum atomic E-state index is -0.519. The third kappa shape index (κ3) is 7.42. The van der Waals surface area contributed by atoms with Gasteiger partial charge in [-0.3, -0.25) is 4.98 Å². The van der Waals surface area contributed by atoms with Gasteiger partial charge in [0.05, 0.1) is 18.7 Å². The van der Waals surface area contributed by atoms with Crippen molar-refractivity contribution in [2.75, 3.05) is 19.6 Å². The summed E-state index contributed by atoms with van der Waals surface area (Å²) in [6.07, 6.45) is 4.10. The van der Waals surface area contributed by atoms with Gasteiger partial charge >= 0.3 is 6.09 Å². The van der Waals surface area contributed by atoms with Crippen LogP contribution in [0, 0.1) is 11.3 Å². The van der Waals surface area contributed by atoms with Gasteiger partial charge in [-0.15, -0.1) is 0 Å². The number of aliphatic imine (C=N–C) groups is 2. The molecule has 1 aliphatic heterocycles. The lowest BCUT2D eigenvalue weighted by atomic mass is 10.2. The maximum Gasteiger partial charge on any atom is 0.407 e. The summed E-state index contributed by atoms with van der Waals surface area (Å²) in [5, 5.41) is 14.7. The van der Waals surface area contributed by atoms with E-state index in [1.165, 1.54) is 6.20 Å². The highest BCUT2D eigenvalue weighted by Gasteiger charge is 2.16. The molecule has 0 spiro atoms. The van der Waals surface area contributed by atoms with Crippen LogP contribution in [0.4, 0.5) is 4.79 Å². The zero-order chi connectivity index (χ0) is 19.7. The Morgan fingerprint density at radius 1 is 1.41 bits per heavy atom. The van der Waals surface area contributed by atoms with Crippen molar-refractivity contribution in [2.24, 2.45) is 9.98 Å². The van der Waals surface area contributed by atoms with Crippen LogP contribution in [-0.4, -0.2) is 54.6 Å². The average Bonchev–Trinajstić information content (AvgIpc) is 2.63. The maximum atomic E-state index is 11.5. The molecule has 1 unspecified atom stereocenters. The standard InChI is InChI=1S/C18H24N6O3/c1-18(2,3)27-17(25)22-7-6-21-16-23-10-15(11-24-16)26-12-13-4-5-20-9-14(13)8-19/h4-5,9-10,15H,6-7,11-12H2,1-3H3,(H,21,24)(H,22,25). The quantitative estimate of drug-likeness (QED) is 0.728. The predicted octanol–water partition coefficient (Wildman–Crippen LogP) is 1.39. The first-order chi connectivity index (χ1) is 12.9. The fraction of sp³-hybridized carbons (Fsp3) is 0.500. The van der Waals surface area contributed by atoms with Crippen molar-refractivity contribution in [3.05, 3.63) is 29.6 Å². The molecule has 27 heavy (non-hydrogen) atoms. The number of amides is 1. The van der Waals surface area contributed by atoms with Crippen molar-refractivity contribution >= 4 is 18.3 Å². The van der Waals surface area contributed by atoms with E-state index in [9.17, 15) is 4.79 Å². The second kappa shape index (κ2) is 9.64. The van der Waals surface area contributed by atoms with Crippen LogP contribution in [0.2, 0.25) is 0 Å². The number of nitriles is 1. The summed E-state index contributed by atoms with van der Waals surface area (Å²) < 4.78 is 10.9. The maximum absolute atomic E-state index is 11.5. The molecule has 144 valence electrons. The molecule has 2 rings (SSSR count). The molecule has 9 nitrogen and oxygen atoms in total. The number of rotatable bonds is 6. The number of guanidine groups is 1. The Labute approximate surface area is 158 Å². The highest BCUT2D eigenvalue weighted by molar-refractivity contribution is 5.90. The Morgan fingerprint density at radius 3 is 2.89 bits per heavy atom. The van der Waals surface area contributed by atoms with E-state index in [1.54, 1.807) is 18.5 Å². The molecule has 0 saturated heterocycles. The van der Waals surface area contributed by atoms with Crippen LogP contribution in [0.1, 0.15) is 31.9 Å². The Kier molecular flexibility index (Phi) is 7.25. The Hall–Kier alpha value is -2.99. The molecule has 1 aliphatic rings. The van der Waals surface area contributed by atoms with Gasteiger partial charge in [-0.1, -0.05) is 0 Å². The Balaban J connectivity index is 1.66. The number of hydrogen-bond acceptors (Lipinski definition) is 8. The Morgan fingerprint density at radius 2 is 2.22 bits per heavy atom. The van der Waals surface area contributed by atoms with E-state index in [0.717, 1.165) is 5.56 Å². The van der Waals surface area contributed by atoms with Crippen LogP contribution in [0.5, 0.6) is 0 Å². The fourth-order valence-electron chi connectivity index (χ4n) is 2.12. The van der Waals surface area contributed by atoms with Gasteiger partial charge in [0.25, 0.3) is 0 Å². The second-order valence-electron chi connectivity index (χ2n) is 6.79. The third-order valence-electron chi connectivity index (χ3n) is 3.35. The molecular weight excluding hydrogens is 348 g/mol. The van der Waals surface area contributed by atoms with Crippen molar-refractivity contribution in [2.45, 2.75) is 39.1 Å². The molecule has 2 N–H and O–H groups in total. The lowest BCUT2D eigenvalue weighted by molar-refractivity contribution is 0.0529. The smallest absolute Gasteiger partial charge is 0.407 e. The first kappa shape index (κ1) is 20.3. The summed E-state index contributed by atoms with van der Waals surface area (Å²) >= 11 is 0. The number of hydrogen-bond donors (Lipinski definition) is 2. The summed E-state index contributed by atoms with van der Waals surface area (Å²) in [4.78, 5) is 24.0. The number of aromatic nitrogens is 1. The van der Waals surface area contributed by atoms with Crippen LogP contribution >= 0.6 is 0 Å². The minimum absolute atomic E-state index is 0.254. The summed E-state index contributed by atoms with van der Waals surface area (Å²) in [7, 11) is 0. The SMILES string of the molecule is CC(C)(C)OC(=O)NCCNC1=NCC(OCc2ccncc2C#N)C=N1. The molecule has 0 saturated carbocycles. The van der Waals surface area contributed by atoms with Crippen LogP contribution in [0.15, 0.2) is 28.4 Å². The number of pyridine rings is 1. The van der Waals surface area contributed by atoms with Crippen molar-refractivity contribution < 1.29 is 14.3 Å². The molecular formula is C18H24N6O3. The number of nitrogens with one attached hydrogen (secondary N) is 2. The van der Waals surface area contributed by atoms with Crippen LogP contribution in [0.25, 0.3) is 0 Å². The van der Waals surface area contributed by atoms with E-state index >= 15 is 0 Å². The molecule has 1 atom stereocenters. The molecule has 0 aromatic carbocycles. The van der Waals surface area contributed by atoms with Gasteiger partial charge in [-0.05, 0) is 32.4 Å². The number of ether oxygens (including phenoxy) is 2. The molecule has 1 aromatic rings. The van der Waals surface area contributed by atoms with E-state index in [0.29, 0.717) is 37.8 Å². The monoisotopic (exact) mass is 372 g/mol. The van der Waals surface area contributed by atoms with Gasteiger partial charge in [0.2, 0.25) is 5.96 Å². The highest BCUT2D eigenvalue weighted by Crippen LogP contribution is 2.09. The number of alkyl carbamates (subject to hydrolysis) is 1. The summed E-state index contributed by atoms with van der Waals surface area (Å²) in [5.41, 5.74) is 0.754. The lowest BCUT2D eigenvalue weighted by Crippen LogP contribution is -2.38. The summed E-state index contributed by atoms with van der Waals surface area (Å²) in [6.45, 7) is 7.02. The topological polar surface area (TPSA) is 121 Å². The summed E-state index contributed by atoms with van der Waals surface area (Å²) in [6, 6.07) is 3.84. The van der Waals surface area contributed by atoms with Crippen molar-refractivity contribution in [1.29, 1.82) is 5.26 Å². The van der Waals surface area contributed by atoms with Gasteiger partial charge in [-0.2, -0.15) is 5.26 Å². The minimum Gasteiger partial charge on any atom is -0.444 e.